The third-order valence-electron chi connectivity index (χ3n) is 3.28. The van der Waals surface area contributed by atoms with Gasteiger partial charge in [0.1, 0.15) is 20.2 Å². The van der Waals surface area contributed by atoms with Gasteiger partial charge in [0.2, 0.25) is 0 Å². The minimum atomic E-state index is -5.46. The summed E-state index contributed by atoms with van der Waals surface area (Å²) in [6.07, 6.45) is 2.43. The first-order valence-electron chi connectivity index (χ1n) is 7.05. The fraction of sp³-hybridized carbons (Fsp3) is 0. The van der Waals surface area contributed by atoms with Crippen molar-refractivity contribution in [1.29, 1.82) is 0 Å². The molecule has 0 aliphatic carbocycles. The minimum Gasteiger partial charge on any atom is -0.744 e. The van der Waals surface area contributed by atoms with Crippen LogP contribution in [0.2, 0.25) is 0 Å². The molecule has 0 unspecified atom stereocenters. The predicted molar refractivity (Wildman–Crippen MR) is 95.4 cm³/mol. The Morgan fingerprint density at radius 2 is 1.30 bits per heavy atom. The minimum absolute atomic E-state index is 0. The van der Waals surface area contributed by atoms with Crippen molar-refractivity contribution >= 4 is 43.8 Å². The molecule has 0 saturated carbocycles. The van der Waals surface area contributed by atoms with Gasteiger partial charge in [0.05, 0.1) is 15.5 Å². The van der Waals surface area contributed by atoms with Crippen LogP contribution in [0.3, 0.4) is 0 Å². The van der Waals surface area contributed by atoms with Crippen LogP contribution in [0.1, 0.15) is 11.1 Å². The molecule has 0 amide bonds. The summed E-state index contributed by atoms with van der Waals surface area (Å²) in [6, 6.07) is 7.86. The molecular weight excluding hydrogens is 458 g/mol. The Balaban J connectivity index is 0.00000420. The fourth-order valence-corrected chi connectivity index (χ4v) is 4.29. The maximum Gasteiger partial charge on any atom is 1.00 e. The van der Waals surface area contributed by atoms with Gasteiger partial charge in [0.15, 0.2) is 0 Å². The summed E-state index contributed by atoms with van der Waals surface area (Å²) in [5.74, 6) is 0. The van der Waals surface area contributed by atoms with E-state index in [1.54, 1.807) is 0 Å². The molecule has 0 aromatic heterocycles. The molecule has 30 heavy (non-hydrogen) atoms. The molecule has 0 aliphatic rings. The summed E-state index contributed by atoms with van der Waals surface area (Å²) in [7, 11) is -10.9. The van der Waals surface area contributed by atoms with E-state index in [-0.39, 0.29) is 64.7 Å². The number of rotatable bonds is 6. The second-order valence-corrected chi connectivity index (χ2v) is 7.68. The molecule has 0 atom stereocenters. The fourth-order valence-electron chi connectivity index (χ4n) is 2.21. The van der Waals surface area contributed by atoms with E-state index < -0.39 is 35.7 Å². The van der Waals surface area contributed by atoms with Crippen LogP contribution >= 0.6 is 0 Å². The van der Waals surface area contributed by atoms with Crippen molar-refractivity contribution in [3.63, 3.8) is 0 Å². The van der Waals surface area contributed by atoms with Gasteiger partial charge in [-0.3, -0.25) is 0 Å². The first-order chi connectivity index (χ1) is 13.1. The molecule has 0 spiro atoms. The van der Waals surface area contributed by atoms with Crippen LogP contribution < -0.4 is 59.1 Å². The van der Waals surface area contributed by atoms with Gasteiger partial charge < -0.3 is 9.11 Å². The molecule has 16 heteroatoms. The van der Waals surface area contributed by atoms with E-state index >= 15 is 0 Å². The first-order valence-corrected chi connectivity index (χ1v) is 9.86. The van der Waals surface area contributed by atoms with E-state index in [4.69, 9.17) is 11.1 Å². The van der Waals surface area contributed by atoms with E-state index in [2.05, 4.69) is 20.1 Å². The van der Waals surface area contributed by atoms with E-state index in [1.165, 1.54) is 30.3 Å². The molecule has 0 bridgehead atoms. The average Bonchev–Trinajstić information content (AvgIpc) is 2.60. The molecule has 0 radical (unpaired) electrons. The SMILES string of the molecule is [N-]=[N+]=Nc1ccc(C=Cc2ccc(N=[N+]=[N-])c(S(=O)(=O)[O-])c2S(=O)(=O)[O-])cc1.[Na+].[Na+]. The van der Waals surface area contributed by atoms with Gasteiger partial charge >= 0.3 is 59.1 Å². The van der Waals surface area contributed by atoms with Gasteiger partial charge in [0.25, 0.3) is 0 Å². The van der Waals surface area contributed by atoms with E-state index in [9.17, 15) is 25.9 Å². The molecule has 12 nitrogen and oxygen atoms in total. The number of hydrogen-bond donors (Lipinski definition) is 0. The van der Waals surface area contributed by atoms with Crippen molar-refractivity contribution in [1.82, 2.24) is 0 Å². The van der Waals surface area contributed by atoms with Gasteiger partial charge in [-0.15, -0.1) is 0 Å². The first kappa shape index (κ1) is 28.6. The number of hydrogen-bond acceptors (Lipinski definition) is 8. The van der Waals surface area contributed by atoms with Crippen LogP contribution in [-0.2, 0) is 20.2 Å². The molecule has 0 heterocycles. The van der Waals surface area contributed by atoms with Crippen LogP contribution in [0.5, 0.6) is 0 Å². The van der Waals surface area contributed by atoms with Crippen LogP contribution in [0, 0.1) is 0 Å². The monoisotopic (exact) mass is 466 g/mol. The third kappa shape index (κ3) is 7.39. The van der Waals surface area contributed by atoms with E-state index in [1.807, 2.05) is 0 Å². The molecule has 0 saturated heterocycles. The second-order valence-electron chi connectivity index (χ2n) is 5.04. The van der Waals surface area contributed by atoms with Crippen molar-refractivity contribution in [2.75, 3.05) is 0 Å². The van der Waals surface area contributed by atoms with Crippen molar-refractivity contribution in [3.05, 3.63) is 68.4 Å². The van der Waals surface area contributed by atoms with Gasteiger partial charge in [-0.05, 0) is 22.2 Å². The van der Waals surface area contributed by atoms with Crippen LogP contribution in [0.4, 0.5) is 11.4 Å². The van der Waals surface area contributed by atoms with Crippen molar-refractivity contribution in [2.24, 2.45) is 10.2 Å². The number of nitrogens with zero attached hydrogens (tertiary/aromatic N) is 6. The second kappa shape index (κ2) is 11.9. The maximum absolute atomic E-state index is 11.6. The van der Waals surface area contributed by atoms with Crippen LogP contribution in [0.25, 0.3) is 33.0 Å². The van der Waals surface area contributed by atoms with E-state index in [0.29, 0.717) is 11.3 Å². The molecule has 2 aromatic rings. The summed E-state index contributed by atoms with van der Waals surface area (Å²) in [5, 5.41) is 6.34. The standard InChI is InChI=1S/C14H10N6O6S2.2Na/c15-19-17-11-6-2-9(3-7-11)1-4-10-5-8-12(18-20-16)14(28(24,25)26)13(10)27(21,22)23;;/h1-8H,(H,21,22,23)(H,24,25,26);;/q;2*+1/p-2. The van der Waals surface area contributed by atoms with Gasteiger partial charge in [-0.1, -0.05) is 58.8 Å². The Kier molecular flexibility index (Phi) is 11.3. The van der Waals surface area contributed by atoms with Crippen LogP contribution in [0.15, 0.2) is 56.4 Å². The van der Waals surface area contributed by atoms with Crippen LogP contribution in [-0.4, -0.2) is 25.9 Å². The summed E-state index contributed by atoms with van der Waals surface area (Å²) in [6.45, 7) is 0. The largest absolute Gasteiger partial charge is 1.00 e. The zero-order valence-corrected chi connectivity index (χ0v) is 21.2. The van der Waals surface area contributed by atoms with Gasteiger partial charge in [-0.25, -0.2) is 16.8 Å². The molecule has 0 fully saturated rings. The summed E-state index contributed by atoms with van der Waals surface area (Å²) in [5.41, 5.74) is 16.4. The topological polar surface area (TPSA) is 212 Å². The van der Waals surface area contributed by atoms with Crippen molar-refractivity contribution in [3.8, 4) is 0 Å². The predicted octanol–water partition coefficient (Wildman–Crippen LogP) is -2.44. The molecular formula is C14H8N6Na2O6S2. The van der Waals surface area contributed by atoms with Gasteiger partial charge in [-0.2, -0.15) is 0 Å². The van der Waals surface area contributed by atoms with E-state index in [0.717, 1.165) is 18.2 Å². The molecule has 2 rings (SSSR count). The summed E-state index contributed by atoms with van der Waals surface area (Å²) < 4.78 is 69.4. The maximum atomic E-state index is 11.6. The zero-order valence-electron chi connectivity index (χ0n) is 15.6. The Morgan fingerprint density at radius 1 is 0.767 bits per heavy atom. The van der Waals surface area contributed by atoms with Crippen molar-refractivity contribution in [2.45, 2.75) is 9.79 Å². The Hall–Kier alpha value is -1.38. The Labute approximate surface area is 215 Å². The van der Waals surface area contributed by atoms with Gasteiger partial charge in [0, 0.05) is 15.5 Å². The Bertz CT molecular complexity index is 1270. The third-order valence-corrected chi connectivity index (χ3v) is 5.27. The normalized spacial score (nSPS) is 10.9. The molecule has 144 valence electrons. The number of benzene rings is 2. The van der Waals surface area contributed by atoms with Crippen molar-refractivity contribution < 1.29 is 85.1 Å². The summed E-state index contributed by atoms with van der Waals surface area (Å²) >= 11 is 0. The Morgan fingerprint density at radius 3 is 1.77 bits per heavy atom. The molecule has 2 aromatic carbocycles. The smallest absolute Gasteiger partial charge is 0.744 e. The zero-order chi connectivity index (χ0) is 20.9. The molecule has 0 aliphatic heterocycles. The summed E-state index contributed by atoms with van der Waals surface area (Å²) in [4.78, 5) is 2.20. The molecule has 0 N–H and O–H groups in total. The quantitative estimate of drug-likeness (QED) is 0.112. The average molecular weight is 466 g/mol. The number of azide groups is 2.